The molecule has 1 atom stereocenters. The molecule has 0 aliphatic carbocycles. The average Bonchev–Trinajstić information content (AvgIpc) is 2.76. The Balaban J connectivity index is 1.33. The summed E-state index contributed by atoms with van der Waals surface area (Å²) in [5, 5.41) is 10.0. The number of halogens is 2. The molecule has 0 saturated carbocycles. The normalized spacial score (nSPS) is 21.4. The summed E-state index contributed by atoms with van der Waals surface area (Å²) >= 11 is 12.1. The summed E-state index contributed by atoms with van der Waals surface area (Å²) in [5.41, 5.74) is 1.74. The third-order valence-electron chi connectivity index (χ3n) is 6.34. The van der Waals surface area contributed by atoms with E-state index >= 15 is 0 Å². The molecule has 3 heterocycles. The Kier molecular flexibility index (Phi) is 7.14. The quantitative estimate of drug-likeness (QED) is 0.663. The molecule has 0 N–H and O–H groups in total. The van der Waals surface area contributed by atoms with Crippen LogP contribution < -0.4 is 4.90 Å². The predicted molar refractivity (Wildman–Crippen MR) is 126 cm³/mol. The molecule has 1 aromatic carbocycles. The first-order valence-electron chi connectivity index (χ1n) is 10.9. The smallest absolute Gasteiger partial charge is 0.151 e. The fourth-order valence-electron chi connectivity index (χ4n) is 4.86. The van der Waals surface area contributed by atoms with Gasteiger partial charge in [-0.05, 0) is 76.5 Å². The van der Waals surface area contributed by atoms with Crippen LogP contribution in [0.25, 0.3) is 11.3 Å². The van der Waals surface area contributed by atoms with Crippen LogP contribution in [0, 0.1) is 5.92 Å². The highest BCUT2D eigenvalue weighted by atomic mass is 35.5. The Bertz CT molecular complexity index is 834. The van der Waals surface area contributed by atoms with Crippen LogP contribution >= 0.6 is 23.2 Å². The molecule has 162 valence electrons. The fourth-order valence-corrected chi connectivity index (χ4v) is 5.16. The van der Waals surface area contributed by atoms with Gasteiger partial charge in [-0.2, -0.15) is 0 Å². The van der Waals surface area contributed by atoms with E-state index in [0.29, 0.717) is 16.1 Å². The lowest BCUT2D eigenvalue weighted by molar-refractivity contribution is 0.0949. The number of rotatable bonds is 5. The van der Waals surface area contributed by atoms with E-state index in [-0.39, 0.29) is 0 Å². The third-order valence-corrected chi connectivity index (χ3v) is 7.08. The summed E-state index contributed by atoms with van der Waals surface area (Å²) in [6.45, 7) is 5.80. The van der Waals surface area contributed by atoms with Gasteiger partial charge in [-0.1, -0.05) is 29.3 Å². The van der Waals surface area contributed by atoms with Crippen molar-refractivity contribution in [3.05, 3.63) is 40.4 Å². The highest BCUT2D eigenvalue weighted by molar-refractivity contribution is 6.42. The number of anilines is 1. The summed E-state index contributed by atoms with van der Waals surface area (Å²) in [5.74, 6) is 1.77. The van der Waals surface area contributed by atoms with Crippen molar-refractivity contribution in [1.29, 1.82) is 0 Å². The van der Waals surface area contributed by atoms with Gasteiger partial charge in [-0.3, -0.25) is 4.90 Å². The minimum atomic E-state index is 0.535. The van der Waals surface area contributed by atoms with Gasteiger partial charge >= 0.3 is 0 Å². The maximum Gasteiger partial charge on any atom is 0.151 e. The second-order valence-electron chi connectivity index (χ2n) is 8.89. The van der Waals surface area contributed by atoms with Crippen LogP contribution in [-0.2, 0) is 0 Å². The molecule has 0 bridgehead atoms. The number of benzene rings is 1. The number of aromatic nitrogens is 2. The zero-order valence-corrected chi connectivity index (χ0v) is 19.4. The number of hydrogen-bond acceptors (Lipinski definition) is 5. The van der Waals surface area contributed by atoms with Crippen molar-refractivity contribution in [3.8, 4) is 11.3 Å². The topological polar surface area (TPSA) is 35.5 Å². The SMILES string of the molecule is CN(C)CC1CCCN(C2CCN(c3ccc(-c4ccc(Cl)c(Cl)c4)nn3)CC2)C1. The molecule has 2 aromatic rings. The molecule has 2 aliphatic heterocycles. The highest BCUT2D eigenvalue weighted by Crippen LogP contribution is 2.29. The summed E-state index contributed by atoms with van der Waals surface area (Å²) in [4.78, 5) is 7.44. The number of likely N-dealkylation sites (tertiary alicyclic amines) is 1. The summed E-state index contributed by atoms with van der Waals surface area (Å²) in [6, 6.07) is 10.3. The lowest BCUT2D eigenvalue weighted by atomic mass is 9.93. The first-order chi connectivity index (χ1) is 14.5. The van der Waals surface area contributed by atoms with Gasteiger partial charge in [-0.25, -0.2) is 0 Å². The van der Waals surface area contributed by atoms with Gasteiger partial charge in [0.25, 0.3) is 0 Å². The minimum Gasteiger partial charge on any atom is -0.355 e. The van der Waals surface area contributed by atoms with E-state index in [9.17, 15) is 0 Å². The Morgan fingerprint density at radius 1 is 0.967 bits per heavy atom. The molecule has 2 fully saturated rings. The van der Waals surface area contributed by atoms with E-state index in [2.05, 4.69) is 45.1 Å². The molecule has 7 heteroatoms. The van der Waals surface area contributed by atoms with Gasteiger partial charge in [-0.15, -0.1) is 10.2 Å². The van der Waals surface area contributed by atoms with Crippen molar-refractivity contribution in [2.75, 3.05) is 51.7 Å². The predicted octanol–water partition coefficient (Wildman–Crippen LogP) is 4.69. The van der Waals surface area contributed by atoms with E-state index in [1.807, 2.05) is 18.2 Å². The Morgan fingerprint density at radius 3 is 2.43 bits per heavy atom. The van der Waals surface area contributed by atoms with Crippen molar-refractivity contribution in [3.63, 3.8) is 0 Å². The van der Waals surface area contributed by atoms with Crippen molar-refractivity contribution in [1.82, 2.24) is 20.0 Å². The van der Waals surface area contributed by atoms with E-state index < -0.39 is 0 Å². The van der Waals surface area contributed by atoms with Crippen LogP contribution in [0.4, 0.5) is 5.82 Å². The highest BCUT2D eigenvalue weighted by Gasteiger charge is 2.29. The molecule has 1 aromatic heterocycles. The lowest BCUT2D eigenvalue weighted by Gasteiger charge is -2.43. The fraction of sp³-hybridized carbons (Fsp3) is 0.565. The summed E-state index contributed by atoms with van der Waals surface area (Å²) < 4.78 is 0. The first kappa shape index (κ1) is 21.8. The van der Waals surface area contributed by atoms with Crippen LogP contribution in [0.1, 0.15) is 25.7 Å². The molecule has 5 nitrogen and oxygen atoms in total. The Labute approximate surface area is 190 Å². The number of piperidine rings is 2. The molecule has 0 spiro atoms. The third kappa shape index (κ3) is 5.25. The zero-order chi connectivity index (χ0) is 21.1. The van der Waals surface area contributed by atoms with Crippen molar-refractivity contribution < 1.29 is 0 Å². The van der Waals surface area contributed by atoms with E-state index in [1.54, 1.807) is 6.07 Å². The maximum atomic E-state index is 6.13. The van der Waals surface area contributed by atoms with Crippen molar-refractivity contribution >= 4 is 29.0 Å². The Hall–Kier alpha value is -1.40. The van der Waals surface area contributed by atoms with Crippen molar-refractivity contribution in [2.45, 2.75) is 31.7 Å². The number of hydrogen-bond donors (Lipinski definition) is 0. The second kappa shape index (κ2) is 9.82. The van der Waals surface area contributed by atoms with Crippen LogP contribution in [-0.4, -0.2) is 72.9 Å². The molecule has 4 rings (SSSR count). The Morgan fingerprint density at radius 2 is 1.77 bits per heavy atom. The van der Waals surface area contributed by atoms with Gasteiger partial charge < -0.3 is 9.80 Å². The van der Waals surface area contributed by atoms with Crippen LogP contribution in [0.5, 0.6) is 0 Å². The molecule has 30 heavy (non-hydrogen) atoms. The average molecular weight is 448 g/mol. The molecular weight excluding hydrogens is 417 g/mol. The number of nitrogens with zero attached hydrogens (tertiary/aromatic N) is 5. The first-order valence-corrected chi connectivity index (χ1v) is 11.7. The lowest BCUT2D eigenvalue weighted by Crippen LogP contribution is -2.49. The van der Waals surface area contributed by atoms with Crippen LogP contribution in [0.15, 0.2) is 30.3 Å². The standard InChI is InChI=1S/C23H31Cl2N5/c1-28(2)15-17-4-3-11-30(16-17)19-9-12-29(13-10-19)23-8-7-22(26-27-23)18-5-6-20(24)21(25)14-18/h5-8,14,17,19H,3-4,9-13,15-16H2,1-2H3. The van der Waals surface area contributed by atoms with Crippen molar-refractivity contribution in [2.24, 2.45) is 5.92 Å². The second-order valence-corrected chi connectivity index (χ2v) is 9.70. The molecule has 1 unspecified atom stereocenters. The molecule has 0 radical (unpaired) electrons. The van der Waals surface area contributed by atoms with Gasteiger partial charge in [0.1, 0.15) is 0 Å². The molecule has 2 aliphatic rings. The zero-order valence-electron chi connectivity index (χ0n) is 17.9. The van der Waals surface area contributed by atoms with E-state index in [0.717, 1.165) is 36.1 Å². The van der Waals surface area contributed by atoms with E-state index in [1.165, 1.54) is 45.3 Å². The monoisotopic (exact) mass is 447 g/mol. The molecule has 0 amide bonds. The summed E-state index contributed by atoms with van der Waals surface area (Å²) in [7, 11) is 4.37. The van der Waals surface area contributed by atoms with Gasteiger partial charge in [0.15, 0.2) is 5.82 Å². The van der Waals surface area contributed by atoms with Gasteiger partial charge in [0.05, 0.1) is 15.7 Å². The van der Waals surface area contributed by atoms with E-state index in [4.69, 9.17) is 23.2 Å². The van der Waals surface area contributed by atoms with Crippen LogP contribution in [0.2, 0.25) is 10.0 Å². The van der Waals surface area contributed by atoms with Gasteiger partial charge in [0, 0.05) is 37.8 Å². The van der Waals surface area contributed by atoms with Gasteiger partial charge in [0.2, 0.25) is 0 Å². The summed E-state index contributed by atoms with van der Waals surface area (Å²) in [6.07, 6.45) is 5.10. The minimum absolute atomic E-state index is 0.535. The van der Waals surface area contributed by atoms with Crippen LogP contribution in [0.3, 0.4) is 0 Å². The molecule has 2 saturated heterocycles. The maximum absolute atomic E-state index is 6.13. The largest absolute Gasteiger partial charge is 0.355 e. The molecular formula is C23H31Cl2N5.